The van der Waals surface area contributed by atoms with Crippen LogP contribution in [0, 0.1) is 5.92 Å². The second kappa shape index (κ2) is 5.13. The van der Waals surface area contributed by atoms with Crippen LogP contribution in [0.4, 0.5) is 0 Å². The average molecular weight is 256 g/mol. The van der Waals surface area contributed by atoms with Gasteiger partial charge in [-0.1, -0.05) is 30.3 Å². The molecule has 1 N–H and O–H groups in total. The fraction of sp³-hybridized carbons (Fsp3) is 0.467. The first kappa shape index (κ1) is 12.4. The highest BCUT2D eigenvalue weighted by Crippen LogP contribution is 2.41. The third kappa shape index (κ3) is 2.68. The molecule has 4 nitrogen and oxygen atoms in total. The first-order valence-electron chi connectivity index (χ1n) is 6.90. The molecule has 1 aliphatic rings. The van der Waals surface area contributed by atoms with E-state index in [9.17, 15) is 0 Å². The quantitative estimate of drug-likeness (QED) is 0.894. The molecule has 2 unspecified atom stereocenters. The third-order valence-corrected chi connectivity index (χ3v) is 3.82. The minimum Gasteiger partial charge on any atom is -0.319 e. The summed E-state index contributed by atoms with van der Waals surface area (Å²) in [7, 11) is 1.99. The number of nitrogens with zero attached hydrogens (tertiary/aromatic N) is 3. The Labute approximate surface area is 113 Å². The summed E-state index contributed by atoms with van der Waals surface area (Å²) in [5, 5.41) is 11.9. The first-order chi connectivity index (χ1) is 9.25. The molecule has 1 heterocycles. The first-order valence-corrected chi connectivity index (χ1v) is 6.90. The number of aromatic nitrogens is 3. The molecule has 0 amide bonds. The van der Waals surface area contributed by atoms with Crippen molar-refractivity contribution in [3.63, 3.8) is 0 Å². The molecule has 0 aliphatic heterocycles. The molecule has 2 atom stereocenters. The van der Waals surface area contributed by atoms with Crippen molar-refractivity contribution in [2.24, 2.45) is 13.0 Å². The average Bonchev–Trinajstić information content (AvgIpc) is 3.18. The van der Waals surface area contributed by atoms with Gasteiger partial charge in [-0.25, -0.2) is 0 Å². The molecule has 19 heavy (non-hydrogen) atoms. The van der Waals surface area contributed by atoms with Crippen LogP contribution in [0.1, 0.15) is 43.2 Å². The van der Waals surface area contributed by atoms with Crippen molar-refractivity contribution in [3.05, 3.63) is 48.0 Å². The van der Waals surface area contributed by atoms with Gasteiger partial charge in [0, 0.05) is 13.1 Å². The summed E-state index contributed by atoms with van der Waals surface area (Å²) in [6.45, 7) is 2.16. The molecule has 0 bridgehead atoms. The Morgan fingerprint density at radius 2 is 2.00 bits per heavy atom. The van der Waals surface area contributed by atoms with E-state index in [2.05, 4.69) is 52.8 Å². The molecule has 3 rings (SSSR count). The summed E-state index contributed by atoms with van der Waals surface area (Å²) in [6, 6.07) is 11.3. The van der Waals surface area contributed by atoms with Crippen LogP contribution >= 0.6 is 0 Å². The summed E-state index contributed by atoms with van der Waals surface area (Å²) in [6.07, 6.45) is 4.39. The number of rotatable bonds is 5. The Bertz CT molecular complexity index is 530. The fourth-order valence-electron chi connectivity index (χ4n) is 2.62. The Hall–Kier alpha value is -1.68. The van der Waals surface area contributed by atoms with E-state index in [0.29, 0.717) is 6.04 Å². The van der Waals surface area contributed by atoms with E-state index < -0.39 is 0 Å². The van der Waals surface area contributed by atoms with Crippen LogP contribution in [0.25, 0.3) is 0 Å². The van der Waals surface area contributed by atoms with Gasteiger partial charge < -0.3 is 9.88 Å². The lowest BCUT2D eigenvalue weighted by Crippen LogP contribution is -2.27. The van der Waals surface area contributed by atoms with Gasteiger partial charge in [0.25, 0.3) is 0 Å². The van der Waals surface area contributed by atoms with E-state index in [1.807, 2.05) is 11.6 Å². The van der Waals surface area contributed by atoms with Crippen molar-refractivity contribution in [1.29, 1.82) is 0 Å². The summed E-state index contributed by atoms with van der Waals surface area (Å²) in [4.78, 5) is 0. The summed E-state index contributed by atoms with van der Waals surface area (Å²) >= 11 is 0. The van der Waals surface area contributed by atoms with E-state index in [-0.39, 0.29) is 6.04 Å². The highest BCUT2D eigenvalue weighted by Gasteiger charge is 2.33. The van der Waals surface area contributed by atoms with Crippen LogP contribution in [-0.4, -0.2) is 14.8 Å². The van der Waals surface area contributed by atoms with Crippen molar-refractivity contribution in [2.75, 3.05) is 0 Å². The highest BCUT2D eigenvalue weighted by atomic mass is 15.3. The van der Waals surface area contributed by atoms with Crippen molar-refractivity contribution in [1.82, 2.24) is 20.1 Å². The maximum atomic E-state index is 4.19. The molecule has 0 radical (unpaired) electrons. The highest BCUT2D eigenvalue weighted by molar-refractivity contribution is 5.21. The molecule has 4 heteroatoms. The van der Waals surface area contributed by atoms with E-state index in [1.165, 1.54) is 18.4 Å². The lowest BCUT2D eigenvalue weighted by Gasteiger charge is -2.23. The maximum absolute atomic E-state index is 4.19. The Kier molecular flexibility index (Phi) is 3.34. The summed E-state index contributed by atoms with van der Waals surface area (Å²) in [5.41, 5.74) is 1.37. The second-order valence-electron chi connectivity index (χ2n) is 5.41. The summed E-state index contributed by atoms with van der Waals surface area (Å²) < 4.78 is 1.98. The van der Waals surface area contributed by atoms with Gasteiger partial charge in [-0.05, 0) is 31.2 Å². The molecule has 1 fully saturated rings. The zero-order valence-electron chi connectivity index (χ0n) is 11.5. The number of aryl methyl sites for hydroxylation is 1. The Balaban J connectivity index is 1.77. The minimum absolute atomic E-state index is 0.207. The molecule has 1 saturated carbocycles. The fourth-order valence-corrected chi connectivity index (χ4v) is 2.62. The lowest BCUT2D eigenvalue weighted by molar-refractivity contribution is 0.410. The van der Waals surface area contributed by atoms with Crippen LogP contribution in [-0.2, 0) is 7.05 Å². The molecular weight excluding hydrogens is 236 g/mol. The molecular formula is C15H20N4. The zero-order chi connectivity index (χ0) is 13.2. The molecule has 2 aromatic rings. The van der Waals surface area contributed by atoms with Gasteiger partial charge in [0.05, 0.1) is 6.04 Å². The standard InChI is InChI=1S/C15H20N4/c1-11(15-18-16-10-19(15)2)17-14(13-8-9-13)12-6-4-3-5-7-12/h3-7,10-11,13-14,17H,8-9H2,1-2H3. The van der Waals surface area contributed by atoms with E-state index in [0.717, 1.165) is 11.7 Å². The van der Waals surface area contributed by atoms with Crippen LogP contribution < -0.4 is 5.32 Å². The van der Waals surface area contributed by atoms with Crippen LogP contribution in [0.5, 0.6) is 0 Å². The molecule has 1 aromatic heterocycles. The number of benzene rings is 1. The van der Waals surface area contributed by atoms with Gasteiger partial charge >= 0.3 is 0 Å². The van der Waals surface area contributed by atoms with Crippen molar-refractivity contribution >= 4 is 0 Å². The van der Waals surface area contributed by atoms with E-state index in [4.69, 9.17) is 0 Å². The number of hydrogen-bond donors (Lipinski definition) is 1. The SMILES string of the molecule is CC(NC(c1ccccc1)C1CC1)c1nncn1C. The van der Waals surface area contributed by atoms with Crippen molar-refractivity contribution in [3.8, 4) is 0 Å². The van der Waals surface area contributed by atoms with E-state index in [1.54, 1.807) is 6.33 Å². The topological polar surface area (TPSA) is 42.7 Å². The van der Waals surface area contributed by atoms with Gasteiger partial charge in [-0.2, -0.15) is 0 Å². The molecule has 1 aliphatic carbocycles. The van der Waals surface area contributed by atoms with Crippen molar-refractivity contribution < 1.29 is 0 Å². The molecule has 1 aromatic carbocycles. The smallest absolute Gasteiger partial charge is 0.149 e. The lowest BCUT2D eigenvalue weighted by atomic mass is 10.0. The largest absolute Gasteiger partial charge is 0.319 e. The zero-order valence-corrected chi connectivity index (χ0v) is 11.5. The number of nitrogens with one attached hydrogen (secondary N) is 1. The molecule has 0 spiro atoms. The van der Waals surface area contributed by atoms with E-state index >= 15 is 0 Å². The molecule has 0 saturated heterocycles. The minimum atomic E-state index is 0.207. The summed E-state index contributed by atoms with van der Waals surface area (Å²) in [5.74, 6) is 1.75. The van der Waals surface area contributed by atoms with Gasteiger partial charge in [-0.15, -0.1) is 10.2 Å². The Morgan fingerprint density at radius 3 is 2.58 bits per heavy atom. The monoisotopic (exact) mass is 256 g/mol. The normalized spacial score (nSPS) is 18.2. The van der Waals surface area contributed by atoms with Crippen LogP contribution in [0.3, 0.4) is 0 Å². The van der Waals surface area contributed by atoms with Crippen molar-refractivity contribution in [2.45, 2.75) is 31.8 Å². The predicted octanol–water partition coefficient (Wildman–Crippen LogP) is 2.62. The Morgan fingerprint density at radius 1 is 1.26 bits per heavy atom. The predicted molar refractivity (Wildman–Crippen MR) is 74.5 cm³/mol. The van der Waals surface area contributed by atoms with Gasteiger partial charge in [0.15, 0.2) is 0 Å². The third-order valence-electron chi connectivity index (χ3n) is 3.82. The van der Waals surface area contributed by atoms with Gasteiger partial charge in [0.1, 0.15) is 12.2 Å². The van der Waals surface area contributed by atoms with Gasteiger partial charge in [-0.3, -0.25) is 0 Å². The van der Waals surface area contributed by atoms with Gasteiger partial charge in [0.2, 0.25) is 0 Å². The number of hydrogen-bond acceptors (Lipinski definition) is 3. The molecule has 100 valence electrons. The van der Waals surface area contributed by atoms with Crippen LogP contribution in [0.2, 0.25) is 0 Å². The van der Waals surface area contributed by atoms with Crippen LogP contribution in [0.15, 0.2) is 36.7 Å². The second-order valence-corrected chi connectivity index (χ2v) is 5.41. The maximum Gasteiger partial charge on any atom is 0.149 e.